The third kappa shape index (κ3) is 4.83. The minimum atomic E-state index is -0.359. The standard InChI is InChI=1S/C17H19BrFNO/c1-12(2)20-10-13-5-3-4-6-14(13)11-21-17-8-7-15(18)9-16(17)19/h3-9,12,20H,10-11H2,1-2H3. The Labute approximate surface area is 133 Å². The Balaban J connectivity index is 2.05. The quantitative estimate of drug-likeness (QED) is 0.816. The molecule has 0 amide bonds. The molecule has 0 spiro atoms. The van der Waals surface area contributed by atoms with E-state index in [0.29, 0.717) is 17.1 Å². The molecule has 0 aliphatic rings. The minimum absolute atomic E-state index is 0.268. The van der Waals surface area contributed by atoms with Crippen molar-refractivity contribution < 1.29 is 9.13 Å². The zero-order valence-corrected chi connectivity index (χ0v) is 13.8. The first-order valence-corrected chi connectivity index (χ1v) is 7.73. The molecule has 0 aromatic heterocycles. The molecular weight excluding hydrogens is 333 g/mol. The van der Waals surface area contributed by atoms with Gasteiger partial charge in [0.2, 0.25) is 0 Å². The lowest BCUT2D eigenvalue weighted by molar-refractivity contribution is 0.288. The van der Waals surface area contributed by atoms with E-state index in [1.807, 2.05) is 18.2 Å². The number of benzene rings is 2. The van der Waals surface area contributed by atoms with Gasteiger partial charge < -0.3 is 10.1 Å². The van der Waals surface area contributed by atoms with Gasteiger partial charge in [-0.15, -0.1) is 0 Å². The van der Waals surface area contributed by atoms with Crippen LogP contribution in [-0.4, -0.2) is 6.04 Å². The first kappa shape index (κ1) is 16.0. The summed E-state index contributed by atoms with van der Waals surface area (Å²) in [4.78, 5) is 0. The molecule has 2 aromatic carbocycles. The highest BCUT2D eigenvalue weighted by Gasteiger charge is 2.07. The van der Waals surface area contributed by atoms with Crippen molar-refractivity contribution in [1.82, 2.24) is 5.32 Å². The Bertz CT molecular complexity index is 601. The summed E-state index contributed by atoms with van der Waals surface area (Å²) >= 11 is 3.23. The van der Waals surface area contributed by atoms with Gasteiger partial charge >= 0.3 is 0 Å². The maximum Gasteiger partial charge on any atom is 0.166 e. The second-order valence-electron chi connectivity index (χ2n) is 5.17. The minimum Gasteiger partial charge on any atom is -0.486 e. The van der Waals surface area contributed by atoms with Gasteiger partial charge in [0.05, 0.1) is 0 Å². The smallest absolute Gasteiger partial charge is 0.166 e. The van der Waals surface area contributed by atoms with Crippen LogP contribution in [0.15, 0.2) is 46.9 Å². The van der Waals surface area contributed by atoms with Crippen LogP contribution in [0.1, 0.15) is 25.0 Å². The molecule has 0 saturated carbocycles. The Hall–Kier alpha value is -1.39. The van der Waals surface area contributed by atoms with E-state index >= 15 is 0 Å². The van der Waals surface area contributed by atoms with E-state index in [4.69, 9.17) is 4.74 Å². The van der Waals surface area contributed by atoms with Crippen LogP contribution in [0.2, 0.25) is 0 Å². The maximum atomic E-state index is 13.7. The lowest BCUT2D eigenvalue weighted by Gasteiger charge is -2.14. The SMILES string of the molecule is CC(C)NCc1ccccc1COc1ccc(Br)cc1F. The summed E-state index contributed by atoms with van der Waals surface area (Å²) in [6.45, 7) is 5.35. The van der Waals surface area contributed by atoms with Crippen LogP contribution in [-0.2, 0) is 13.2 Å². The van der Waals surface area contributed by atoms with Crippen LogP contribution < -0.4 is 10.1 Å². The van der Waals surface area contributed by atoms with Crippen LogP contribution in [0.25, 0.3) is 0 Å². The number of rotatable bonds is 6. The number of nitrogens with one attached hydrogen (secondary N) is 1. The zero-order valence-electron chi connectivity index (χ0n) is 12.2. The summed E-state index contributed by atoms with van der Waals surface area (Å²) < 4.78 is 20.0. The highest BCUT2D eigenvalue weighted by atomic mass is 79.9. The second-order valence-corrected chi connectivity index (χ2v) is 6.08. The first-order valence-electron chi connectivity index (χ1n) is 6.94. The van der Waals surface area contributed by atoms with E-state index in [1.54, 1.807) is 12.1 Å². The van der Waals surface area contributed by atoms with Gasteiger partial charge in [-0.2, -0.15) is 0 Å². The van der Waals surface area contributed by atoms with Crippen molar-refractivity contribution >= 4 is 15.9 Å². The molecular formula is C17H19BrFNO. The highest BCUT2D eigenvalue weighted by Crippen LogP contribution is 2.23. The molecule has 0 fully saturated rings. The number of hydrogen-bond acceptors (Lipinski definition) is 2. The van der Waals surface area contributed by atoms with E-state index in [2.05, 4.69) is 41.2 Å². The molecule has 4 heteroatoms. The predicted octanol–water partition coefficient (Wildman–Crippen LogP) is 4.67. The second kappa shape index (κ2) is 7.57. The van der Waals surface area contributed by atoms with E-state index < -0.39 is 0 Å². The molecule has 0 unspecified atom stereocenters. The molecule has 1 N–H and O–H groups in total. The lowest BCUT2D eigenvalue weighted by atomic mass is 10.1. The van der Waals surface area contributed by atoms with Crippen molar-refractivity contribution in [3.8, 4) is 5.75 Å². The Morgan fingerprint density at radius 1 is 1.14 bits per heavy atom. The van der Waals surface area contributed by atoms with Gasteiger partial charge in [0.1, 0.15) is 6.61 Å². The van der Waals surface area contributed by atoms with Crippen LogP contribution in [0.5, 0.6) is 5.75 Å². The van der Waals surface area contributed by atoms with Crippen molar-refractivity contribution in [2.24, 2.45) is 0 Å². The third-order valence-corrected chi connectivity index (χ3v) is 3.59. The van der Waals surface area contributed by atoms with Crippen molar-refractivity contribution in [3.63, 3.8) is 0 Å². The molecule has 21 heavy (non-hydrogen) atoms. The predicted molar refractivity (Wildman–Crippen MR) is 86.8 cm³/mol. The van der Waals surface area contributed by atoms with Crippen LogP contribution >= 0.6 is 15.9 Å². The van der Waals surface area contributed by atoms with Crippen molar-refractivity contribution in [2.75, 3.05) is 0 Å². The summed E-state index contributed by atoms with van der Waals surface area (Å²) in [5.74, 6) is -0.0908. The molecule has 0 saturated heterocycles. The molecule has 0 radical (unpaired) electrons. The van der Waals surface area contributed by atoms with Gasteiger partial charge in [-0.25, -0.2) is 4.39 Å². The van der Waals surface area contributed by atoms with Crippen molar-refractivity contribution in [2.45, 2.75) is 33.0 Å². The van der Waals surface area contributed by atoms with Gasteiger partial charge in [-0.05, 0) is 29.3 Å². The van der Waals surface area contributed by atoms with Gasteiger partial charge in [0, 0.05) is 17.1 Å². The van der Waals surface area contributed by atoms with Crippen molar-refractivity contribution in [3.05, 3.63) is 63.9 Å². The van der Waals surface area contributed by atoms with E-state index in [1.165, 1.54) is 11.6 Å². The normalized spacial score (nSPS) is 10.9. The van der Waals surface area contributed by atoms with Gasteiger partial charge in [0.15, 0.2) is 11.6 Å². The Morgan fingerprint density at radius 2 is 1.86 bits per heavy atom. The summed E-state index contributed by atoms with van der Waals surface area (Å²) in [5, 5.41) is 3.38. The summed E-state index contributed by atoms with van der Waals surface area (Å²) in [5.41, 5.74) is 2.23. The molecule has 2 rings (SSSR count). The average Bonchev–Trinajstić information content (AvgIpc) is 2.45. The molecule has 0 aliphatic heterocycles. The summed E-state index contributed by atoms with van der Waals surface area (Å²) in [6.07, 6.45) is 0. The van der Waals surface area contributed by atoms with Crippen LogP contribution in [0.3, 0.4) is 0 Å². The fraction of sp³-hybridized carbons (Fsp3) is 0.294. The van der Waals surface area contributed by atoms with E-state index in [0.717, 1.165) is 12.1 Å². The maximum absolute atomic E-state index is 13.7. The monoisotopic (exact) mass is 351 g/mol. The number of halogens is 2. The van der Waals surface area contributed by atoms with E-state index in [-0.39, 0.29) is 11.6 Å². The topological polar surface area (TPSA) is 21.3 Å². The largest absolute Gasteiger partial charge is 0.486 e. The summed E-state index contributed by atoms with van der Waals surface area (Å²) in [7, 11) is 0. The fourth-order valence-corrected chi connectivity index (χ4v) is 2.27. The van der Waals surface area contributed by atoms with Gasteiger partial charge in [-0.1, -0.05) is 54.0 Å². The Morgan fingerprint density at radius 3 is 2.52 bits per heavy atom. The number of hydrogen-bond donors (Lipinski definition) is 1. The molecule has 2 aromatic rings. The molecule has 0 aliphatic carbocycles. The number of ether oxygens (including phenoxy) is 1. The molecule has 0 atom stereocenters. The van der Waals surface area contributed by atoms with Crippen LogP contribution in [0, 0.1) is 5.82 Å². The fourth-order valence-electron chi connectivity index (χ4n) is 1.93. The molecule has 0 heterocycles. The molecule has 112 valence electrons. The van der Waals surface area contributed by atoms with Crippen LogP contribution in [0.4, 0.5) is 4.39 Å². The molecule has 2 nitrogen and oxygen atoms in total. The zero-order chi connectivity index (χ0) is 15.2. The van der Waals surface area contributed by atoms with Gasteiger partial charge in [0.25, 0.3) is 0 Å². The summed E-state index contributed by atoms with van der Waals surface area (Å²) in [6, 6.07) is 13.3. The van der Waals surface area contributed by atoms with Crippen molar-refractivity contribution in [1.29, 1.82) is 0 Å². The Kier molecular flexibility index (Phi) is 5.76. The lowest BCUT2D eigenvalue weighted by Crippen LogP contribution is -2.22. The van der Waals surface area contributed by atoms with E-state index in [9.17, 15) is 4.39 Å². The average molecular weight is 352 g/mol. The van der Waals surface area contributed by atoms with Gasteiger partial charge in [-0.3, -0.25) is 0 Å². The molecule has 0 bridgehead atoms. The highest BCUT2D eigenvalue weighted by molar-refractivity contribution is 9.10. The third-order valence-electron chi connectivity index (χ3n) is 3.10. The first-order chi connectivity index (χ1) is 10.1.